The maximum atomic E-state index is 12.2. The van der Waals surface area contributed by atoms with Gasteiger partial charge in [0, 0.05) is 31.9 Å². The first-order chi connectivity index (χ1) is 14.7. The molecule has 2 amide bonds. The van der Waals surface area contributed by atoms with Crippen LogP contribution in [0.25, 0.3) is 0 Å². The quantitative estimate of drug-likeness (QED) is 0.620. The van der Waals surface area contributed by atoms with Crippen molar-refractivity contribution in [3.05, 3.63) is 58.1 Å². The number of ether oxygens (including phenoxy) is 2. The highest BCUT2D eigenvalue weighted by molar-refractivity contribution is 6.42. The van der Waals surface area contributed by atoms with Crippen molar-refractivity contribution in [1.29, 1.82) is 0 Å². The highest BCUT2D eigenvalue weighted by atomic mass is 35.5. The summed E-state index contributed by atoms with van der Waals surface area (Å²) in [5.41, 5.74) is 1.36. The van der Waals surface area contributed by atoms with Crippen LogP contribution in [0.4, 0.5) is 23.7 Å². The fraction of sp³-hybridized carbons (Fsp3) is 0.350. The lowest BCUT2D eigenvalue weighted by atomic mass is 10.2. The predicted octanol–water partition coefficient (Wildman–Crippen LogP) is 4.91. The van der Waals surface area contributed by atoms with E-state index in [4.69, 9.17) is 27.9 Å². The number of rotatable bonds is 6. The van der Waals surface area contributed by atoms with Gasteiger partial charge in [0.25, 0.3) is 0 Å². The van der Waals surface area contributed by atoms with Gasteiger partial charge in [0.05, 0.1) is 22.8 Å². The van der Waals surface area contributed by atoms with Gasteiger partial charge in [-0.3, -0.25) is 4.90 Å². The Morgan fingerprint density at radius 2 is 1.90 bits per heavy atom. The summed E-state index contributed by atoms with van der Waals surface area (Å²) in [4.78, 5) is 14.3. The molecule has 0 aliphatic carbocycles. The van der Waals surface area contributed by atoms with Crippen LogP contribution in [0.3, 0.4) is 0 Å². The third-order valence-corrected chi connectivity index (χ3v) is 5.19. The summed E-state index contributed by atoms with van der Waals surface area (Å²) in [5.74, 6) is -0.365. The van der Waals surface area contributed by atoms with Crippen LogP contribution in [0, 0.1) is 0 Å². The van der Waals surface area contributed by atoms with E-state index in [1.54, 1.807) is 6.07 Å². The molecule has 31 heavy (non-hydrogen) atoms. The molecule has 0 radical (unpaired) electrons. The van der Waals surface area contributed by atoms with Gasteiger partial charge in [-0.1, -0.05) is 29.3 Å². The maximum Gasteiger partial charge on any atom is 0.573 e. The van der Waals surface area contributed by atoms with E-state index in [-0.39, 0.29) is 18.4 Å². The molecule has 11 heteroatoms. The number of nitrogens with one attached hydrogen (secondary N) is 2. The van der Waals surface area contributed by atoms with E-state index in [0.717, 1.165) is 24.2 Å². The second-order valence-corrected chi connectivity index (χ2v) is 7.70. The monoisotopic (exact) mass is 477 g/mol. The van der Waals surface area contributed by atoms with Gasteiger partial charge in [0.15, 0.2) is 0 Å². The van der Waals surface area contributed by atoms with Gasteiger partial charge in [0.1, 0.15) is 5.75 Å². The van der Waals surface area contributed by atoms with Gasteiger partial charge in [-0.25, -0.2) is 4.79 Å². The second-order valence-electron chi connectivity index (χ2n) is 6.88. The van der Waals surface area contributed by atoms with Crippen molar-refractivity contribution in [1.82, 2.24) is 10.2 Å². The number of benzene rings is 2. The molecule has 2 aromatic carbocycles. The zero-order chi connectivity index (χ0) is 22.4. The Morgan fingerprint density at radius 1 is 1.16 bits per heavy atom. The molecular formula is C20H20Cl2F3N3O3. The highest BCUT2D eigenvalue weighted by Gasteiger charge is 2.31. The molecular weight excluding hydrogens is 458 g/mol. The van der Waals surface area contributed by atoms with Gasteiger partial charge in [-0.15, -0.1) is 13.2 Å². The molecule has 2 N–H and O–H groups in total. The van der Waals surface area contributed by atoms with Crippen molar-refractivity contribution in [2.45, 2.75) is 19.0 Å². The number of morpholine rings is 1. The Bertz CT molecular complexity index is 897. The summed E-state index contributed by atoms with van der Waals surface area (Å²) in [6.07, 6.45) is -4.97. The van der Waals surface area contributed by atoms with E-state index >= 15 is 0 Å². The number of anilines is 1. The van der Waals surface area contributed by atoms with Crippen molar-refractivity contribution in [2.24, 2.45) is 0 Å². The number of alkyl halides is 3. The number of hydrogen-bond acceptors (Lipinski definition) is 4. The SMILES string of the molecule is O=C(NCC1CN(Cc2ccc(Cl)c(Cl)c2)CCO1)Nc1ccc(OC(F)(F)F)cc1. The number of hydrogen-bond donors (Lipinski definition) is 2. The minimum absolute atomic E-state index is 0.204. The molecule has 3 rings (SSSR count). The highest BCUT2D eigenvalue weighted by Crippen LogP contribution is 2.25. The number of carbonyl (C=O) groups is 1. The number of carbonyl (C=O) groups excluding carboxylic acids is 1. The molecule has 0 bridgehead atoms. The summed E-state index contributed by atoms with van der Waals surface area (Å²) in [6, 6.07) is 9.87. The molecule has 0 saturated carbocycles. The zero-order valence-corrected chi connectivity index (χ0v) is 17.7. The van der Waals surface area contributed by atoms with Gasteiger partial charge >= 0.3 is 12.4 Å². The second kappa shape index (κ2) is 10.4. The largest absolute Gasteiger partial charge is 0.573 e. The molecule has 0 aromatic heterocycles. The minimum atomic E-state index is -4.76. The molecule has 6 nitrogen and oxygen atoms in total. The maximum absolute atomic E-state index is 12.2. The van der Waals surface area contributed by atoms with Crippen LogP contribution < -0.4 is 15.4 Å². The van der Waals surface area contributed by atoms with Crippen LogP contribution in [0.15, 0.2) is 42.5 Å². The smallest absolute Gasteiger partial charge is 0.406 e. The number of nitrogens with zero attached hydrogens (tertiary/aromatic N) is 1. The first kappa shape index (κ1) is 23.5. The van der Waals surface area contributed by atoms with Crippen molar-refractivity contribution in [2.75, 3.05) is 31.6 Å². The molecule has 1 atom stereocenters. The van der Waals surface area contributed by atoms with E-state index in [2.05, 4.69) is 20.3 Å². The lowest BCUT2D eigenvalue weighted by molar-refractivity contribution is -0.274. The summed E-state index contributed by atoms with van der Waals surface area (Å²) >= 11 is 12.0. The summed E-state index contributed by atoms with van der Waals surface area (Å²) in [6.45, 7) is 2.84. The number of halogens is 5. The molecule has 1 unspecified atom stereocenters. The Morgan fingerprint density at radius 3 is 2.58 bits per heavy atom. The van der Waals surface area contributed by atoms with Crippen LogP contribution in [0.5, 0.6) is 5.75 Å². The van der Waals surface area contributed by atoms with E-state index in [1.165, 1.54) is 12.1 Å². The Kier molecular flexibility index (Phi) is 7.88. The third-order valence-electron chi connectivity index (χ3n) is 4.45. The molecule has 168 valence electrons. The molecule has 1 aliphatic rings. The Labute approximate surface area is 187 Å². The van der Waals surface area contributed by atoms with Crippen LogP contribution in [0.1, 0.15) is 5.56 Å². The van der Waals surface area contributed by atoms with Gasteiger partial charge < -0.3 is 20.1 Å². The van der Waals surface area contributed by atoms with E-state index in [0.29, 0.717) is 35.4 Å². The molecule has 1 saturated heterocycles. The molecule has 1 fully saturated rings. The van der Waals surface area contributed by atoms with Crippen LogP contribution in [-0.2, 0) is 11.3 Å². The standard InChI is InChI=1S/C20H20Cl2F3N3O3/c21-17-6-1-13(9-18(17)22)11-28-7-8-30-16(12-28)10-26-19(29)27-14-2-4-15(5-3-14)31-20(23,24)25/h1-6,9,16H,7-8,10-12H2,(H2,26,27,29). The van der Waals surface area contributed by atoms with Gasteiger partial charge in [0.2, 0.25) is 0 Å². The fourth-order valence-corrected chi connectivity index (χ4v) is 3.39. The lowest BCUT2D eigenvalue weighted by Crippen LogP contribution is -2.47. The first-order valence-electron chi connectivity index (χ1n) is 9.36. The third kappa shape index (κ3) is 7.77. The topological polar surface area (TPSA) is 62.8 Å². The first-order valence-corrected chi connectivity index (χ1v) is 10.1. The molecule has 2 aromatic rings. The van der Waals surface area contributed by atoms with Crippen molar-refractivity contribution in [3.8, 4) is 5.75 Å². The van der Waals surface area contributed by atoms with Crippen molar-refractivity contribution in [3.63, 3.8) is 0 Å². The normalized spacial score (nSPS) is 17.3. The summed E-state index contributed by atoms with van der Waals surface area (Å²) in [7, 11) is 0. The average molecular weight is 478 g/mol. The van der Waals surface area contributed by atoms with Crippen molar-refractivity contribution >= 4 is 34.9 Å². The fourth-order valence-electron chi connectivity index (χ4n) is 3.07. The summed E-state index contributed by atoms with van der Waals surface area (Å²) in [5, 5.41) is 6.26. The van der Waals surface area contributed by atoms with Gasteiger partial charge in [-0.05, 0) is 42.0 Å². The molecule has 1 heterocycles. The predicted molar refractivity (Wildman–Crippen MR) is 112 cm³/mol. The minimum Gasteiger partial charge on any atom is -0.406 e. The van der Waals surface area contributed by atoms with E-state index in [9.17, 15) is 18.0 Å². The van der Waals surface area contributed by atoms with E-state index in [1.807, 2.05) is 12.1 Å². The number of amides is 2. The number of urea groups is 1. The van der Waals surface area contributed by atoms with Crippen LogP contribution in [-0.4, -0.2) is 49.6 Å². The average Bonchev–Trinajstić information content (AvgIpc) is 2.70. The lowest BCUT2D eigenvalue weighted by Gasteiger charge is -2.33. The summed E-state index contributed by atoms with van der Waals surface area (Å²) < 4.78 is 46.0. The van der Waals surface area contributed by atoms with Crippen molar-refractivity contribution < 1.29 is 27.4 Å². The molecule has 1 aliphatic heterocycles. The zero-order valence-electron chi connectivity index (χ0n) is 16.2. The Hall–Kier alpha value is -2.20. The van der Waals surface area contributed by atoms with E-state index < -0.39 is 12.4 Å². The van der Waals surface area contributed by atoms with Gasteiger partial charge in [-0.2, -0.15) is 0 Å². The Balaban J connectivity index is 1.43. The van der Waals surface area contributed by atoms with Crippen LogP contribution >= 0.6 is 23.2 Å². The van der Waals surface area contributed by atoms with Crippen LogP contribution in [0.2, 0.25) is 10.0 Å². The molecule has 0 spiro atoms.